The van der Waals surface area contributed by atoms with E-state index in [0.29, 0.717) is 0 Å². The van der Waals surface area contributed by atoms with Gasteiger partial charge in [-0.05, 0) is 38.9 Å². The van der Waals surface area contributed by atoms with E-state index in [9.17, 15) is 4.79 Å². The highest BCUT2D eigenvalue weighted by Gasteiger charge is 2.09. The van der Waals surface area contributed by atoms with Gasteiger partial charge in [-0.2, -0.15) is 0 Å². The summed E-state index contributed by atoms with van der Waals surface area (Å²) in [6, 6.07) is -0.0962. The second-order valence-electron chi connectivity index (χ2n) is 4.46. The number of nitrogens with one attached hydrogen (secondary N) is 1. The monoisotopic (exact) mass is 236 g/mol. The van der Waals surface area contributed by atoms with Crippen LogP contribution < -0.4 is 5.32 Å². The smallest absolute Gasteiger partial charge is 0.326 e. The van der Waals surface area contributed by atoms with Crippen LogP contribution >= 0.6 is 0 Å². The van der Waals surface area contributed by atoms with Crippen LogP contribution in [0.3, 0.4) is 0 Å². The molecule has 5 heteroatoms. The van der Waals surface area contributed by atoms with Crippen molar-refractivity contribution in [2.75, 3.05) is 26.2 Å². The predicted octanol–water partition coefficient (Wildman–Crippen LogP) is 1.32. The third kappa shape index (κ3) is 3.85. The van der Waals surface area contributed by atoms with Gasteiger partial charge in [-0.15, -0.1) is 0 Å². The Morgan fingerprint density at radius 3 is 2.82 bits per heavy atom. The third-order valence-electron chi connectivity index (χ3n) is 3.11. The fourth-order valence-electron chi connectivity index (χ4n) is 2.15. The number of carbonyl (C=O) groups excluding carboxylic acids is 1. The van der Waals surface area contributed by atoms with Gasteiger partial charge in [0.05, 0.1) is 0 Å². The first-order chi connectivity index (χ1) is 8.36. The van der Waals surface area contributed by atoms with Gasteiger partial charge in [0.2, 0.25) is 0 Å². The summed E-state index contributed by atoms with van der Waals surface area (Å²) in [5.74, 6) is 0. The number of piperidine rings is 1. The number of rotatable bonds is 4. The quantitative estimate of drug-likeness (QED) is 0.802. The Bertz CT molecular complexity index is 330. The molecular formula is C12H20N4O. The Hall–Kier alpha value is -1.36. The number of hydrogen-bond acceptors (Lipinski definition) is 3. The molecule has 17 heavy (non-hydrogen) atoms. The number of aromatic nitrogens is 2. The van der Waals surface area contributed by atoms with Crippen molar-refractivity contribution < 1.29 is 4.79 Å². The maximum Gasteiger partial charge on any atom is 0.326 e. The number of carbonyl (C=O) groups is 1. The fraction of sp³-hybridized carbons (Fsp3) is 0.667. The molecule has 1 aliphatic rings. The van der Waals surface area contributed by atoms with E-state index >= 15 is 0 Å². The van der Waals surface area contributed by atoms with Gasteiger partial charge in [-0.25, -0.2) is 9.78 Å². The van der Waals surface area contributed by atoms with Gasteiger partial charge in [0.1, 0.15) is 6.33 Å². The number of nitrogens with zero attached hydrogens (tertiary/aromatic N) is 3. The number of imidazole rings is 1. The number of hydrogen-bond donors (Lipinski definition) is 1. The lowest BCUT2D eigenvalue weighted by Gasteiger charge is -2.26. The molecule has 0 saturated carbocycles. The van der Waals surface area contributed by atoms with Gasteiger partial charge in [0, 0.05) is 18.9 Å². The van der Waals surface area contributed by atoms with Crippen molar-refractivity contribution in [2.24, 2.45) is 0 Å². The minimum absolute atomic E-state index is 0.0962. The van der Waals surface area contributed by atoms with Crippen molar-refractivity contribution >= 4 is 6.03 Å². The summed E-state index contributed by atoms with van der Waals surface area (Å²) in [6.07, 6.45) is 9.80. The lowest BCUT2D eigenvalue weighted by atomic mass is 10.1. The maximum absolute atomic E-state index is 11.6. The molecule has 1 amide bonds. The zero-order chi connectivity index (χ0) is 11.9. The zero-order valence-corrected chi connectivity index (χ0v) is 10.1. The van der Waals surface area contributed by atoms with E-state index in [-0.39, 0.29) is 6.03 Å². The van der Waals surface area contributed by atoms with Crippen LogP contribution in [0.25, 0.3) is 0 Å². The molecule has 94 valence electrons. The van der Waals surface area contributed by atoms with E-state index in [0.717, 1.165) is 19.5 Å². The highest BCUT2D eigenvalue weighted by atomic mass is 16.2. The maximum atomic E-state index is 11.6. The number of amides is 1. The molecule has 0 atom stereocenters. The summed E-state index contributed by atoms with van der Waals surface area (Å²) in [6.45, 7) is 4.25. The van der Waals surface area contributed by atoms with Gasteiger partial charge in [-0.1, -0.05) is 6.42 Å². The largest absolute Gasteiger partial charge is 0.337 e. The van der Waals surface area contributed by atoms with E-state index in [1.165, 1.54) is 43.2 Å². The molecule has 0 bridgehead atoms. The van der Waals surface area contributed by atoms with Crippen LogP contribution in [0, 0.1) is 0 Å². The Morgan fingerprint density at radius 1 is 1.29 bits per heavy atom. The molecule has 1 aliphatic heterocycles. The minimum Gasteiger partial charge on any atom is -0.337 e. The molecule has 2 rings (SSSR count). The topological polar surface area (TPSA) is 50.2 Å². The first-order valence-electron chi connectivity index (χ1n) is 6.35. The van der Waals surface area contributed by atoms with E-state index in [2.05, 4.69) is 15.2 Å². The van der Waals surface area contributed by atoms with E-state index in [1.54, 1.807) is 12.4 Å². The van der Waals surface area contributed by atoms with Crippen LogP contribution in [0.15, 0.2) is 18.7 Å². The predicted molar refractivity (Wildman–Crippen MR) is 65.9 cm³/mol. The molecule has 1 saturated heterocycles. The Balaban J connectivity index is 1.58. The van der Waals surface area contributed by atoms with Crippen LogP contribution in [0.2, 0.25) is 0 Å². The van der Waals surface area contributed by atoms with Crippen LogP contribution in [-0.4, -0.2) is 46.7 Å². The first kappa shape index (κ1) is 12.1. The average molecular weight is 236 g/mol. The molecule has 2 heterocycles. The van der Waals surface area contributed by atoms with Gasteiger partial charge in [0.25, 0.3) is 0 Å². The molecule has 0 radical (unpaired) electrons. The summed E-state index contributed by atoms with van der Waals surface area (Å²) in [7, 11) is 0. The molecular weight excluding hydrogens is 216 g/mol. The van der Waals surface area contributed by atoms with Gasteiger partial charge >= 0.3 is 6.03 Å². The van der Waals surface area contributed by atoms with Crippen LogP contribution in [0.1, 0.15) is 25.7 Å². The fourth-order valence-corrected chi connectivity index (χ4v) is 2.15. The van der Waals surface area contributed by atoms with Crippen molar-refractivity contribution in [2.45, 2.75) is 25.7 Å². The van der Waals surface area contributed by atoms with Crippen molar-refractivity contribution in [3.63, 3.8) is 0 Å². The standard InChI is InChI=1S/C12H20N4O/c17-12(16-10-6-13-11-16)14-5-4-9-15-7-2-1-3-8-15/h6,10-11H,1-5,7-9H2,(H,14,17). The minimum atomic E-state index is -0.0962. The normalized spacial score (nSPS) is 16.9. The summed E-state index contributed by atoms with van der Waals surface area (Å²) >= 11 is 0. The van der Waals surface area contributed by atoms with Crippen molar-refractivity contribution in [3.8, 4) is 0 Å². The van der Waals surface area contributed by atoms with E-state index in [1.807, 2.05) is 0 Å². The Kier molecular flexibility index (Phi) is 4.55. The lowest BCUT2D eigenvalue weighted by molar-refractivity contribution is 0.222. The van der Waals surface area contributed by atoms with Gasteiger partial charge < -0.3 is 10.2 Å². The van der Waals surface area contributed by atoms with E-state index in [4.69, 9.17) is 0 Å². The molecule has 0 aromatic carbocycles. The molecule has 5 nitrogen and oxygen atoms in total. The lowest BCUT2D eigenvalue weighted by Crippen LogP contribution is -2.34. The van der Waals surface area contributed by atoms with Gasteiger partial charge in [-0.3, -0.25) is 4.57 Å². The summed E-state index contributed by atoms with van der Waals surface area (Å²) < 4.78 is 1.46. The molecule has 1 fully saturated rings. The average Bonchev–Trinajstić information content (AvgIpc) is 2.89. The van der Waals surface area contributed by atoms with Crippen molar-refractivity contribution in [3.05, 3.63) is 18.7 Å². The summed E-state index contributed by atoms with van der Waals surface area (Å²) in [4.78, 5) is 17.9. The SMILES string of the molecule is O=C(NCCCN1CCCCC1)n1ccnc1. The highest BCUT2D eigenvalue weighted by Crippen LogP contribution is 2.08. The molecule has 1 aromatic heterocycles. The molecule has 1 N–H and O–H groups in total. The second-order valence-corrected chi connectivity index (χ2v) is 4.46. The number of likely N-dealkylation sites (tertiary alicyclic amines) is 1. The van der Waals surface area contributed by atoms with Crippen LogP contribution in [0.4, 0.5) is 4.79 Å². The van der Waals surface area contributed by atoms with E-state index < -0.39 is 0 Å². The molecule has 1 aromatic rings. The zero-order valence-electron chi connectivity index (χ0n) is 10.1. The third-order valence-corrected chi connectivity index (χ3v) is 3.11. The highest BCUT2D eigenvalue weighted by molar-refractivity contribution is 5.76. The van der Waals surface area contributed by atoms with Gasteiger partial charge in [0.15, 0.2) is 0 Å². The van der Waals surface area contributed by atoms with Crippen LogP contribution in [0.5, 0.6) is 0 Å². The van der Waals surface area contributed by atoms with Crippen LogP contribution in [-0.2, 0) is 0 Å². The summed E-state index contributed by atoms with van der Waals surface area (Å²) in [5.41, 5.74) is 0. The molecule has 0 spiro atoms. The molecule has 0 unspecified atom stereocenters. The van der Waals surface area contributed by atoms with Crippen molar-refractivity contribution in [1.82, 2.24) is 19.8 Å². The first-order valence-corrected chi connectivity index (χ1v) is 6.35. The second kappa shape index (κ2) is 6.39. The molecule has 0 aliphatic carbocycles. The summed E-state index contributed by atoms with van der Waals surface area (Å²) in [5, 5.41) is 2.88. The van der Waals surface area contributed by atoms with Crippen molar-refractivity contribution in [1.29, 1.82) is 0 Å². The Morgan fingerprint density at radius 2 is 2.12 bits per heavy atom. The Labute approximate surface area is 102 Å².